The SMILES string of the molecule is CC(C)[C@H](NC(=O)C[C@@H](O)[C@H](COc1cc(F)cc(F)c1)NC(=O)c1cc(C(=O)N[C@H](C)c2ccccc2)cc(N(C)S(C)(=O)=O)c1)C(=O)Nc1cc(C(=O)O)cc(C(=O)O)c1. The van der Waals surface area contributed by atoms with E-state index in [0.717, 1.165) is 52.5 Å². The van der Waals surface area contributed by atoms with Crippen LogP contribution < -0.4 is 30.3 Å². The maximum absolute atomic E-state index is 14.0. The number of rotatable bonds is 19. The number of benzene rings is 4. The van der Waals surface area contributed by atoms with Crippen LogP contribution >= 0.6 is 0 Å². The number of nitrogens with one attached hydrogen (secondary N) is 4. The monoisotopic (exact) mass is 881 g/mol. The largest absolute Gasteiger partial charge is 0.491 e. The van der Waals surface area contributed by atoms with Gasteiger partial charge in [0.25, 0.3) is 11.8 Å². The van der Waals surface area contributed by atoms with Crippen LogP contribution in [-0.4, -0.2) is 97.4 Å². The van der Waals surface area contributed by atoms with Gasteiger partial charge in [-0.25, -0.2) is 26.8 Å². The number of carboxylic acids is 2. The highest BCUT2D eigenvalue weighted by Crippen LogP contribution is 2.23. The summed E-state index contributed by atoms with van der Waals surface area (Å²) in [5.41, 5.74) is -0.801. The minimum atomic E-state index is -3.93. The third kappa shape index (κ3) is 13.3. The van der Waals surface area contributed by atoms with Crippen LogP contribution in [0.15, 0.2) is 84.9 Å². The van der Waals surface area contributed by atoms with E-state index in [-0.39, 0.29) is 28.3 Å². The average Bonchev–Trinajstić information content (AvgIpc) is 3.20. The number of carbonyl (C=O) groups excluding carboxylic acids is 4. The Kier molecular flexibility index (Phi) is 15.8. The van der Waals surface area contributed by atoms with Crippen LogP contribution in [-0.2, 0) is 19.6 Å². The van der Waals surface area contributed by atoms with E-state index < -0.39 is 112 Å². The third-order valence-electron chi connectivity index (χ3n) is 9.35. The Balaban J connectivity index is 1.61. The van der Waals surface area contributed by atoms with Crippen LogP contribution in [0, 0.1) is 17.6 Å². The molecule has 20 heteroatoms. The minimum absolute atomic E-state index is 0.0903. The Hall–Kier alpha value is -6.93. The van der Waals surface area contributed by atoms with Crippen LogP contribution in [0.4, 0.5) is 20.2 Å². The molecule has 0 spiro atoms. The summed E-state index contributed by atoms with van der Waals surface area (Å²) < 4.78 is 59.5. The minimum Gasteiger partial charge on any atom is -0.491 e. The first kappa shape index (κ1) is 47.7. The van der Waals surface area contributed by atoms with Crippen LogP contribution in [0.5, 0.6) is 5.75 Å². The number of anilines is 2. The molecule has 4 atom stereocenters. The molecule has 0 aliphatic carbocycles. The van der Waals surface area contributed by atoms with E-state index >= 15 is 0 Å². The molecule has 4 rings (SSSR count). The predicted molar refractivity (Wildman–Crippen MR) is 222 cm³/mol. The third-order valence-corrected chi connectivity index (χ3v) is 10.6. The molecule has 0 aliphatic rings. The highest BCUT2D eigenvalue weighted by atomic mass is 32.2. The lowest BCUT2D eigenvalue weighted by Crippen LogP contribution is -2.51. The number of amides is 4. The zero-order valence-corrected chi connectivity index (χ0v) is 34.8. The standard InChI is InChI=1S/C42H45F2N5O12S/c1-22(2)37(40(54)46-31-13-27(41(55)56)12-28(14-31)42(57)58)48-36(51)20-35(50)34(21-61-33-18-29(43)17-30(44)19-33)47-39(53)26-11-25(15-32(16-26)49(4)62(5,59)60)38(52)45-23(3)24-9-7-6-8-10-24/h6-19,22-23,34-35,37,50H,20-21H2,1-5H3,(H,45,52)(H,46,54)(H,47,53)(H,48,51)(H,55,56)(H,57,58)/t23-,34+,35-,37+/m1/s1. The molecule has 7 N–H and O–H groups in total. The van der Waals surface area contributed by atoms with Crippen LogP contribution in [0.2, 0.25) is 0 Å². The smallest absolute Gasteiger partial charge is 0.335 e. The van der Waals surface area contributed by atoms with Crippen LogP contribution in [0.3, 0.4) is 0 Å². The summed E-state index contributed by atoms with van der Waals surface area (Å²) in [7, 11) is -2.73. The van der Waals surface area contributed by atoms with Gasteiger partial charge < -0.3 is 41.3 Å². The van der Waals surface area contributed by atoms with E-state index in [4.69, 9.17) is 4.74 Å². The first-order chi connectivity index (χ1) is 29.0. The highest BCUT2D eigenvalue weighted by Gasteiger charge is 2.30. The molecule has 4 amide bonds. The Morgan fingerprint density at radius 2 is 1.27 bits per heavy atom. The van der Waals surface area contributed by atoms with Gasteiger partial charge in [-0.05, 0) is 54.8 Å². The molecule has 4 aromatic rings. The van der Waals surface area contributed by atoms with Gasteiger partial charge in [-0.15, -0.1) is 0 Å². The fourth-order valence-corrected chi connectivity index (χ4v) is 6.40. The molecule has 330 valence electrons. The Morgan fingerprint density at radius 1 is 0.742 bits per heavy atom. The molecule has 0 aliphatic heterocycles. The fourth-order valence-electron chi connectivity index (χ4n) is 5.92. The molecule has 62 heavy (non-hydrogen) atoms. The number of sulfonamides is 1. The summed E-state index contributed by atoms with van der Waals surface area (Å²) in [5.74, 6) is -9.42. The quantitative estimate of drug-likeness (QED) is 0.0707. The molecular weight excluding hydrogens is 837 g/mol. The molecule has 4 aromatic carbocycles. The number of aliphatic hydroxyl groups excluding tert-OH is 1. The zero-order valence-electron chi connectivity index (χ0n) is 34.0. The molecule has 17 nitrogen and oxygen atoms in total. The lowest BCUT2D eigenvalue weighted by Gasteiger charge is -2.26. The summed E-state index contributed by atoms with van der Waals surface area (Å²) in [6, 6.07) is 14.2. The van der Waals surface area contributed by atoms with Gasteiger partial charge in [0.2, 0.25) is 21.8 Å². The molecule has 0 saturated carbocycles. The van der Waals surface area contributed by atoms with E-state index in [0.29, 0.717) is 6.07 Å². The number of aromatic carboxylic acids is 2. The lowest BCUT2D eigenvalue weighted by molar-refractivity contribution is -0.129. The molecule has 0 radical (unpaired) electrons. The van der Waals surface area contributed by atoms with E-state index in [1.165, 1.54) is 19.2 Å². The number of ether oxygens (including phenoxy) is 1. The number of nitrogens with zero attached hydrogens (tertiary/aromatic N) is 1. The van der Waals surface area contributed by atoms with Crippen LogP contribution in [0.1, 0.15) is 80.2 Å². The lowest BCUT2D eigenvalue weighted by atomic mass is 10.0. The summed E-state index contributed by atoms with van der Waals surface area (Å²) in [6.45, 7) is 4.12. The summed E-state index contributed by atoms with van der Waals surface area (Å²) in [4.78, 5) is 77.3. The van der Waals surface area contributed by atoms with Crippen molar-refractivity contribution < 1.29 is 66.0 Å². The van der Waals surface area contributed by atoms with Gasteiger partial charge in [0, 0.05) is 42.1 Å². The molecule has 0 heterocycles. The van der Waals surface area contributed by atoms with Crippen molar-refractivity contribution in [2.45, 2.75) is 51.4 Å². The zero-order chi connectivity index (χ0) is 46.1. The molecule has 0 bridgehead atoms. The van der Waals surface area contributed by atoms with E-state index in [2.05, 4.69) is 21.3 Å². The van der Waals surface area contributed by atoms with Gasteiger partial charge in [0.15, 0.2) is 0 Å². The second-order valence-corrected chi connectivity index (χ2v) is 16.6. The number of aliphatic hydroxyl groups is 1. The summed E-state index contributed by atoms with van der Waals surface area (Å²) in [6.07, 6.45) is -1.75. The van der Waals surface area contributed by atoms with Crippen molar-refractivity contribution in [2.75, 3.05) is 29.5 Å². The normalized spacial score (nSPS) is 13.2. The van der Waals surface area contributed by atoms with Gasteiger partial charge in [0.05, 0.1) is 47.7 Å². The fraction of sp³-hybridized carbons (Fsp3) is 0.286. The Labute approximate surface area is 355 Å². The number of carbonyl (C=O) groups is 6. The van der Waals surface area contributed by atoms with Crippen LogP contribution in [0.25, 0.3) is 0 Å². The topological polar surface area (TPSA) is 258 Å². The summed E-state index contributed by atoms with van der Waals surface area (Å²) in [5, 5.41) is 40.3. The molecule has 0 unspecified atom stereocenters. The number of halogens is 2. The van der Waals surface area contributed by atoms with Crippen molar-refractivity contribution >= 4 is 57.0 Å². The molecule has 0 saturated heterocycles. The van der Waals surface area contributed by atoms with Crippen molar-refractivity contribution in [3.63, 3.8) is 0 Å². The van der Waals surface area contributed by atoms with Crippen molar-refractivity contribution in [3.8, 4) is 5.75 Å². The van der Waals surface area contributed by atoms with Crippen molar-refractivity contribution in [1.29, 1.82) is 0 Å². The highest BCUT2D eigenvalue weighted by molar-refractivity contribution is 7.92. The second-order valence-electron chi connectivity index (χ2n) is 14.6. The van der Waals surface area contributed by atoms with Gasteiger partial charge in [-0.2, -0.15) is 0 Å². The maximum atomic E-state index is 14.0. The van der Waals surface area contributed by atoms with E-state index in [9.17, 15) is 61.3 Å². The first-order valence-corrected chi connectivity index (χ1v) is 20.6. The van der Waals surface area contributed by atoms with Gasteiger partial charge >= 0.3 is 11.9 Å². The van der Waals surface area contributed by atoms with Gasteiger partial charge in [0.1, 0.15) is 30.0 Å². The Morgan fingerprint density at radius 3 is 1.79 bits per heavy atom. The number of hydrogen-bond donors (Lipinski definition) is 7. The average molecular weight is 882 g/mol. The Bertz CT molecular complexity index is 2400. The van der Waals surface area contributed by atoms with Gasteiger partial charge in [-0.3, -0.25) is 23.5 Å². The molecular formula is C42H45F2N5O12S. The van der Waals surface area contributed by atoms with E-state index in [1.54, 1.807) is 51.1 Å². The number of carboxylic acid groups (broad SMARTS) is 2. The van der Waals surface area contributed by atoms with Crippen molar-refractivity contribution in [1.82, 2.24) is 16.0 Å². The first-order valence-electron chi connectivity index (χ1n) is 18.8. The maximum Gasteiger partial charge on any atom is 0.335 e. The summed E-state index contributed by atoms with van der Waals surface area (Å²) >= 11 is 0. The molecule has 0 aromatic heterocycles. The van der Waals surface area contributed by atoms with Crippen molar-refractivity contribution in [2.24, 2.45) is 5.92 Å². The predicted octanol–water partition coefficient (Wildman–Crippen LogP) is 3.96. The second kappa shape index (κ2) is 20.6. The number of hydrogen-bond acceptors (Lipinski definition) is 10. The molecule has 0 fully saturated rings. The van der Waals surface area contributed by atoms with Gasteiger partial charge in [-0.1, -0.05) is 44.2 Å². The van der Waals surface area contributed by atoms with Crippen molar-refractivity contribution in [3.05, 3.63) is 124 Å². The van der Waals surface area contributed by atoms with E-state index in [1.807, 2.05) is 0 Å².